The summed E-state index contributed by atoms with van der Waals surface area (Å²) in [6.07, 6.45) is 1.60. The zero-order valence-corrected chi connectivity index (χ0v) is 11.3. The Bertz CT molecular complexity index is 905. The Morgan fingerprint density at radius 2 is 1.95 bits per heavy atom. The summed E-state index contributed by atoms with van der Waals surface area (Å²) in [4.78, 5) is 16.8. The molecule has 5 nitrogen and oxygen atoms in total. The fourth-order valence-electron chi connectivity index (χ4n) is 2.15. The van der Waals surface area contributed by atoms with Gasteiger partial charge in [-0.05, 0) is 36.4 Å². The van der Waals surface area contributed by atoms with E-state index in [4.69, 9.17) is 4.74 Å². The summed E-state index contributed by atoms with van der Waals surface area (Å²) in [7, 11) is 1.58. The fourth-order valence-corrected chi connectivity index (χ4v) is 2.15. The van der Waals surface area contributed by atoms with Crippen LogP contribution < -0.4 is 10.3 Å². The predicted octanol–water partition coefficient (Wildman–Crippen LogP) is 2.24. The van der Waals surface area contributed by atoms with Crippen molar-refractivity contribution < 1.29 is 4.74 Å². The van der Waals surface area contributed by atoms with Crippen molar-refractivity contribution in [2.75, 3.05) is 7.11 Å². The van der Waals surface area contributed by atoms with Crippen molar-refractivity contribution >= 4 is 5.65 Å². The minimum atomic E-state index is -0.367. The molecule has 0 fully saturated rings. The van der Waals surface area contributed by atoms with E-state index in [9.17, 15) is 10.1 Å². The van der Waals surface area contributed by atoms with Gasteiger partial charge in [-0.15, -0.1) is 0 Å². The van der Waals surface area contributed by atoms with Gasteiger partial charge in [-0.2, -0.15) is 5.26 Å². The summed E-state index contributed by atoms with van der Waals surface area (Å²) in [6, 6.07) is 14.3. The summed E-state index contributed by atoms with van der Waals surface area (Å²) >= 11 is 0. The van der Waals surface area contributed by atoms with Crippen molar-refractivity contribution in [2.24, 2.45) is 0 Å². The highest BCUT2D eigenvalue weighted by atomic mass is 16.5. The minimum absolute atomic E-state index is 0.0314. The molecule has 0 aliphatic carbocycles. The fraction of sp³-hybridized carbons (Fsp3) is 0.0625. The first kappa shape index (κ1) is 12.9. The third kappa shape index (κ3) is 2.13. The highest BCUT2D eigenvalue weighted by Crippen LogP contribution is 2.22. The normalized spacial score (nSPS) is 10.3. The van der Waals surface area contributed by atoms with Crippen molar-refractivity contribution in [3.8, 4) is 23.1 Å². The summed E-state index contributed by atoms with van der Waals surface area (Å²) in [5.74, 6) is 0.703. The van der Waals surface area contributed by atoms with Gasteiger partial charge in [0.05, 0.1) is 12.8 Å². The zero-order chi connectivity index (χ0) is 14.8. The number of hydrogen-bond acceptors (Lipinski definition) is 4. The number of benzene rings is 1. The quantitative estimate of drug-likeness (QED) is 0.720. The highest BCUT2D eigenvalue weighted by molar-refractivity contribution is 5.68. The van der Waals surface area contributed by atoms with Crippen LogP contribution in [0.4, 0.5) is 0 Å². The van der Waals surface area contributed by atoms with Gasteiger partial charge in [0.2, 0.25) is 0 Å². The molecule has 2 heterocycles. The van der Waals surface area contributed by atoms with Crippen molar-refractivity contribution in [1.82, 2.24) is 9.38 Å². The molecular formula is C16H11N3O2. The molecule has 0 unspecified atom stereocenters. The first-order chi connectivity index (χ1) is 10.2. The van der Waals surface area contributed by atoms with Gasteiger partial charge in [-0.1, -0.05) is 6.07 Å². The van der Waals surface area contributed by atoms with E-state index >= 15 is 0 Å². The van der Waals surface area contributed by atoms with E-state index in [1.165, 1.54) is 4.40 Å². The lowest BCUT2D eigenvalue weighted by atomic mass is 10.1. The molecule has 21 heavy (non-hydrogen) atoms. The molecule has 0 spiro atoms. The summed E-state index contributed by atoms with van der Waals surface area (Å²) in [5, 5.41) is 9.29. The molecule has 3 rings (SSSR count). The van der Waals surface area contributed by atoms with Gasteiger partial charge in [-0.3, -0.25) is 9.20 Å². The van der Waals surface area contributed by atoms with Crippen LogP contribution in [0.15, 0.2) is 53.5 Å². The maximum atomic E-state index is 12.4. The van der Waals surface area contributed by atoms with Crippen molar-refractivity contribution in [2.45, 2.75) is 0 Å². The minimum Gasteiger partial charge on any atom is -0.497 e. The first-order valence-electron chi connectivity index (χ1n) is 6.30. The molecule has 3 aromatic rings. The SMILES string of the molecule is COc1ccc(-c2nc3ccccn3c(=O)c2C#N)cc1. The number of pyridine rings is 1. The molecule has 0 N–H and O–H groups in total. The lowest BCUT2D eigenvalue weighted by Crippen LogP contribution is -2.19. The van der Waals surface area contributed by atoms with Crippen LogP contribution in [-0.2, 0) is 0 Å². The van der Waals surface area contributed by atoms with Crippen LogP contribution in [0, 0.1) is 11.3 Å². The van der Waals surface area contributed by atoms with Crippen LogP contribution in [0.5, 0.6) is 5.75 Å². The number of methoxy groups -OCH3 is 1. The number of fused-ring (bicyclic) bond motifs is 1. The molecule has 0 radical (unpaired) electrons. The number of hydrogen-bond donors (Lipinski definition) is 0. The Morgan fingerprint density at radius 3 is 2.62 bits per heavy atom. The average Bonchev–Trinajstić information content (AvgIpc) is 2.55. The van der Waals surface area contributed by atoms with Crippen molar-refractivity contribution in [1.29, 1.82) is 5.26 Å². The molecular weight excluding hydrogens is 266 g/mol. The Balaban J connectivity index is 2.31. The maximum Gasteiger partial charge on any atom is 0.276 e. The Kier molecular flexibility index (Phi) is 3.13. The molecule has 1 aromatic carbocycles. The van der Waals surface area contributed by atoms with Gasteiger partial charge in [0.1, 0.15) is 23.0 Å². The second-order valence-corrected chi connectivity index (χ2v) is 4.41. The summed E-state index contributed by atoms with van der Waals surface area (Å²) in [5.41, 5.74) is 1.26. The smallest absolute Gasteiger partial charge is 0.276 e. The second-order valence-electron chi connectivity index (χ2n) is 4.41. The summed E-state index contributed by atoms with van der Waals surface area (Å²) < 4.78 is 6.47. The van der Waals surface area contributed by atoms with Crippen LogP contribution in [0.2, 0.25) is 0 Å². The van der Waals surface area contributed by atoms with Gasteiger partial charge in [0.15, 0.2) is 0 Å². The molecule has 0 aliphatic heterocycles. The third-order valence-electron chi connectivity index (χ3n) is 3.21. The molecule has 5 heteroatoms. The summed E-state index contributed by atoms with van der Waals surface area (Å²) in [6.45, 7) is 0. The number of nitriles is 1. The van der Waals surface area contributed by atoms with Crippen molar-refractivity contribution in [3.05, 3.63) is 64.6 Å². The lowest BCUT2D eigenvalue weighted by molar-refractivity contribution is 0.415. The molecule has 0 bridgehead atoms. The molecule has 0 atom stereocenters. The Hall–Kier alpha value is -3.13. The number of ether oxygens (including phenoxy) is 1. The van der Waals surface area contributed by atoms with E-state index in [0.29, 0.717) is 22.7 Å². The lowest BCUT2D eigenvalue weighted by Gasteiger charge is -2.07. The van der Waals surface area contributed by atoms with E-state index < -0.39 is 0 Å². The van der Waals surface area contributed by atoms with Crippen LogP contribution in [0.25, 0.3) is 16.9 Å². The highest BCUT2D eigenvalue weighted by Gasteiger charge is 2.13. The monoisotopic (exact) mass is 277 g/mol. The molecule has 102 valence electrons. The van der Waals surface area contributed by atoms with E-state index in [1.807, 2.05) is 6.07 Å². The second kappa shape index (κ2) is 5.10. The van der Waals surface area contributed by atoms with Gasteiger partial charge < -0.3 is 4.74 Å². The Morgan fingerprint density at radius 1 is 1.19 bits per heavy atom. The zero-order valence-electron chi connectivity index (χ0n) is 11.3. The van der Waals surface area contributed by atoms with Gasteiger partial charge in [-0.25, -0.2) is 4.98 Å². The van der Waals surface area contributed by atoms with Gasteiger partial charge >= 0.3 is 0 Å². The van der Waals surface area contributed by atoms with Crippen molar-refractivity contribution in [3.63, 3.8) is 0 Å². The topological polar surface area (TPSA) is 67.4 Å². The molecule has 2 aromatic heterocycles. The van der Waals surface area contributed by atoms with E-state index in [0.717, 1.165) is 0 Å². The molecule has 0 saturated heterocycles. The Labute approximate surface area is 120 Å². The van der Waals surface area contributed by atoms with Crippen LogP contribution in [0.3, 0.4) is 0 Å². The van der Waals surface area contributed by atoms with Crippen LogP contribution in [0.1, 0.15) is 5.56 Å². The number of aromatic nitrogens is 2. The average molecular weight is 277 g/mol. The van der Waals surface area contributed by atoms with Crippen LogP contribution in [-0.4, -0.2) is 16.5 Å². The largest absolute Gasteiger partial charge is 0.497 e. The number of rotatable bonds is 2. The van der Waals surface area contributed by atoms with E-state index in [2.05, 4.69) is 4.98 Å². The van der Waals surface area contributed by atoms with Crippen LogP contribution >= 0.6 is 0 Å². The molecule has 0 saturated carbocycles. The molecule has 0 aliphatic rings. The maximum absolute atomic E-state index is 12.4. The van der Waals surface area contributed by atoms with E-state index in [1.54, 1.807) is 55.8 Å². The van der Waals surface area contributed by atoms with Gasteiger partial charge in [0.25, 0.3) is 5.56 Å². The number of nitrogens with zero attached hydrogens (tertiary/aromatic N) is 3. The predicted molar refractivity (Wildman–Crippen MR) is 78.2 cm³/mol. The standard InChI is InChI=1S/C16H11N3O2/c1-21-12-7-5-11(6-8-12)15-13(10-17)16(20)19-9-3-2-4-14(19)18-15/h2-9H,1H3. The molecule has 0 amide bonds. The third-order valence-corrected chi connectivity index (χ3v) is 3.21. The van der Waals surface area contributed by atoms with Gasteiger partial charge in [0, 0.05) is 11.8 Å². The first-order valence-corrected chi connectivity index (χ1v) is 6.30. The van der Waals surface area contributed by atoms with E-state index in [-0.39, 0.29) is 11.1 Å².